The lowest BCUT2D eigenvalue weighted by Gasteiger charge is -2.41. The molecule has 2 aliphatic carbocycles. The minimum absolute atomic E-state index is 0.0353. The van der Waals surface area contributed by atoms with Gasteiger partial charge in [-0.3, -0.25) is 4.79 Å². The lowest BCUT2D eigenvalue weighted by Crippen LogP contribution is -2.57. The van der Waals surface area contributed by atoms with Crippen LogP contribution in [0.4, 0.5) is 4.79 Å². The molecule has 0 heterocycles. The number of fused-ring (bicyclic) bond motifs is 3. The smallest absolute Gasteiger partial charge is 0.407 e. The highest BCUT2D eigenvalue weighted by Gasteiger charge is 2.41. The average Bonchev–Trinajstić information content (AvgIpc) is 3.09. The molecule has 2 aromatic rings. The van der Waals surface area contributed by atoms with Crippen molar-refractivity contribution in [3.05, 3.63) is 59.7 Å². The zero-order valence-electron chi connectivity index (χ0n) is 18.3. The molecule has 0 aliphatic heterocycles. The van der Waals surface area contributed by atoms with Crippen LogP contribution in [0.1, 0.15) is 49.1 Å². The highest BCUT2D eigenvalue weighted by Crippen LogP contribution is 2.44. The standard InChI is InChI=1S/C25H28N2O6/c28-13-10-21(23(30)31)26-22(29)14-25(11-5-12-25)27-24(32)33-15-20-18-8-3-1-6-16(18)17-7-2-4-9-19(17)20/h1-4,6-9,20-21,28H,5,10-15H2,(H,26,29)(H,27,32)(H,30,31)/t21-/m1/s1. The Hall–Kier alpha value is -3.39. The molecule has 4 N–H and O–H groups in total. The molecule has 8 nitrogen and oxygen atoms in total. The molecule has 4 rings (SSSR count). The Labute approximate surface area is 192 Å². The van der Waals surface area contributed by atoms with E-state index in [1.165, 1.54) is 0 Å². The van der Waals surface area contributed by atoms with Gasteiger partial charge in [-0.2, -0.15) is 0 Å². The first-order chi connectivity index (χ1) is 15.9. The minimum Gasteiger partial charge on any atom is -0.480 e. The van der Waals surface area contributed by atoms with Crippen LogP contribution in [0.3, 0.4) is 0 Å². The largest absolute Gasteiger partial charge is 0.480 e. The summed E-state index contributed by atoms with van der Waals surface area (Å²) in [6.45, 7) is -0.167. The molecule has 2 amide bonds. The van der Waals surface area contributed by atoms with Gasteiger partial charge in [-0.15, -0.1) is 0 Å². The monoisotopic (exact) mass is 452 g/mol. The predicted octanol–water partition coefficient (Wildman–Crippen LogP) is 2.79. The predicted molar refractivity (Wildman–Crippen MR) is 121 cm³/mol. The number of benzene rings is 2. The van der Waals surface area contributed by atoms with E-state index in [1.807, 2.05) is 36.4 Å². The molecule has 0 spiro atoms. The zero-order chi connectivity index (χ0) is 23.4. The summed E-state index contributed by atoms with van der Waals surface area (Å²) in [5, 5.41) is 23.4. The average molecular weight is 453 g/mol. The number of amides is 2. The molecule has 0 saturated heterocycles. The van der Waals surface area contributed by atoms with Gasteiger partial charge in [0.05, 0.1) is 5.54 Å². The van der Waals surface area contributed by atoms with E-state index < -0.39 is 29.6 Å². The van der Waals surface area contributed by atoms with Crippen molar-refractivity contribution >= 4 is 18.0 Å². The number of nitrogens with one attached hydrogen (secondary N) is 2. The molecular formula is C25H28N2O6. The third-order valence-corrected chi connectivity index (χ3v) is 6.57. The number of alkyl carbamates (subject to hydrolysis) is 1. The van der Waals surface area contributed by atoms with Crippen molar-refractivity contribution in [2.24, 2.45) is 0 Å². The van der Waals surface area contributed by atoms with Gasteiger partial charge in [0.2, 0.25) is 5.91 Å². The van der Waals surface area contributed by atoms with Crippen molar-refractivity contribution in [2.75, 3.05) is 13.2 Å². The van der Waals surface area contributed by atoms with Gasteiger partial charge in [0.1, 0.15) is 12.6 Å². The van der Waals surface area contributed by atoms with Crippen LogP contribution >= 0.6 is 0 Å². The number of ether oxygens (including phenoxy) is 1. The van der Waals surface area contributed by atoms with E-state index in [0.717, 1.165) is 28.7 Å². The molecule has 174 valence electrons. The number of aliphatic hydroxyl groups excluding tert-OH is 1. The number of aliphatic hydroxyl groups is 1. The molecule has 0 bridgehead atoms. The van der Waals surface area contributed by atoms with Crippen LogP contribution in [0.15, 0.2) is 48.5 Å². The van der Waals surface area contributed by atoms with Crippen LogP contribution in [-0.2, 0) is 14.3 Å². The molecule has 1 saturated carbocycles. The van der Waals surface area contributed by atoms with Crippen LogP contribution < -0.4 is 10.6 Å². The third-order valence-electron chi connectivity index (χ3n) is 6.57. The summed E-state index contributed by atoms with van der Waals surface area (Å²) in [5.74, 6) is -1.74. The molecule has 2 aromatic carbocycles. The van der Waals surface area contributed by atoms with Crippen LogP contribution in [0, 0.1) is 0 Å². The number of carbonyl (C=O) groups is 3. The zero-order valence-corrected chi connectivity index (χ0v) is 18.3. The summed E-state index contributed by atoms with van der Waals surface area (Å²) in [5.41, 5.74) is 3.78. The van der Waals surface area contributed by atoms with Crippen molar-refractivity contribution in [3.63, 3.8) is 0 Å². The van der Waals surface area contributed by atoms with Gasteiger partial charge in [-0.05, 0) is 41.5 Å². The molecule has 0 radical (unpaired) electrons. The fourth-order valence-corrected chi connectivity index (χ4v) is 4.74. The van der Waals surface area contributed by atoms with E-state index in [1.54, 1.807) is 0 Å². The van der Waals surface area contributed by atoms with Crippen LogP contribution in [0.2, 0.25) is 0 Å². The van der Waals surface area contributed by atoms with Crippen LogP contribution in [-0.4, -0.2) is 53.0 Å². The second-order valence-corrected chi connectivity index (χ2v) is 8.73. The third kappa shape index (κ3) is 4.85. The maximum absolute atomic E-state index is 12.7. The molecule has 33 heavy (non-hydrogen) atoms. The fraction of sp³-hybridized carbons (Fsp3) is 0.400. The van der Waals surface area contributed by atoms with Crippen molar-refractivity contribution in [1.29, 1.82) is 0 Å². The Bertz CT molecular complexity index is 1000. The van der Waals surface area contributed by atoms with E-state index in [-0.39, 0.29) is 32.0 Å². The summed E-state index contributed by atoms with van der Waals surface area (Å²) in [6.07, 6.45) is 1.38. The second-order valence-electron chi connectivity index (χ2n) is 8.73. The number of hydrogen-bond acceptors (Lipinski definition) is 5. The van der Waals surface area contributed by atoms with E-state index in [4.69, 9.17) is 14.9 Å². The number of carboxylic acids is 1. The van der Waals surface area contributed by atoms with Gasteiger partial charge >= 0.3 is 12.1 Å². The number of carboxylic acid groups (broad SMARTS) is 1. The number of aliphatic carboxylic acids is 1. The van der Waals surface area contributed by atoms with Crippen molar-refractivity contribution in [3.8, 4) is 11.1 Å². The molecule has 1 atom stereocenters. The first-order valence-corrected chi connectivity index (χ1v) is 11.2. The van der Waals surface area contributed by atoms with E-state index in [9.17, 15) is 14.4 Å². The molecule has 2 aliphatic rings. The van der Waals surface area contributed by atoms with Crippen molar-refractivity contribution in [2.45, 2.75) is 49.6 Å². The normalized spacial score (nSPS) is 16.6. The van der Waals surface area contributed by atoms with Crippen LogP contribution in [0.25, 0.3) is 11.1 Å². The van der Waals surface area contributed by atoms with E-state index in [0.29, 0.717) is 12.8 Å². The lowest BCUT2D eigenvalue weighted by atomic mass is 9.74. The first-order valence-electron chi connectivity index (χ1n) is 11.2. The maximum Gasteiger partial charge on any atom is 0.407 e. The van der Waals surface area contributed by atoms with Gasteiger partial charge in [-0.25, -0.2) is 9.59 Å². The quantitative estimate of drug-likeness (QED) is 0.464. The Morgan fingerprint density at radius 3 is 2.15 bits per heavy atom. The van der Waals surface area contributed by atoms with Gasteiger partial charge in [0.15, 0.2) is 0 Å². The van der Waals surface area contributed by atoms with Crippen molar-refractivity contribution < 1.29 is 29.3 Å². The summed E-state index contributed by atoms with van der Waals surface area (Å²) in [7, 11) is 0. The molecule has 1 fully saturated rings. The molecule has 0 aromatic heterocycles. The Balaban J connectivity index is 1.36. The highest BCUT2D eigenvalue weighted by atomic mass is 16.5. The van der Waals surface area contributed by atoms with E-state index in [2.05, 4.69) is 22.8 Å². The number of carbonyl (C=O) groups excluding carboxylic acids is 2. The summed E-state index contributed by atoms with van der Waals surface area (Å²) < 4.78 is 5.60. The van der Waals surface area contributed by atoms with Gasteiger partial charge in [-0.1, -0.05) is 48.5 Å². The summed E-state index contributed by atoms with van der Waals surface area (Å²) in [6, 6.07) is 15.0. The first kappa shape index (κ1) is 22.8. The topological polar surface area (TPSA) is 125 Å². The van der Waals surface area contributed by atoms with E-state index >= 15 is 0 Å². The SMILES string of the molecule is O=C(CC1(NC(=O)OCC2c3ccccc3-c3ccccc32)CCC1)N[C@H](CCO)C(=O)O. The van der Waals surface area contributed by atoms with Crippen molar-refractivity contribution in [1.82, 2.24) is 10.6 Å². The van der Waals surface area contributed by atoms with Gasteiger partial charge < -0.3 is 25.6 Å². The maximum atomic E-state index is 12.7. The molecule has 0 unspecified atom stereocenters. The molecule has 8 heteroatoms. The van der Waals surface area contributed by atoms with Gasteiger partial charge in [0.25, 0.3) is 0 Å². The second kappa shape index (κ2) is 9.62. The number of hydrogen-bond donors (Lipinski definition) is 4. The Kier molecular flexibility index (Phi) is 6.65. The summed E-state index contributed by atoms with van der Waals surface area (Å²) in [4.78, 5) is 36.3. The van der Waals surface area contributed by atoms with Crippen LogP contribution in [0.5, 0.6) is 0 Å². The number of rotatable bonds is 9. The van der Waals surface area contributed by atoms with Gasteiger partial charge in [0, 0.05) is 25.4 Å². The fourth-order valence-electron chi connectivity index (χ4n) is 4.74. The minimum atomic E-state index is -1.20. The Morgan fingerprint density at radius 1 is 1.03 bits per heavy atom. The Morgan fingerprint density at radius 2 is 1.64 bits per heavy atom. The highest BCUT2D eigenvalue weighted by molar-refractivity contribution is 5.85. The molecular weight excluding hydrogens is 424 g/mol. The lowest BCUT2D eigenvalue weighted by molar-refractivity contribution is -0.142. The summed E-state index contributed by atoms with van der Waals surface area (Å²) >= 11 is 0.